The lowest BCUT2D eigenvalue weighted by Crippen LogP contribution is -2.11. The first-order chi connectivity index (χ1) is 10.4. The first-order valence-corrected chi connectivity index (χ1v) is 6.04. The lowest BCUT2D eigenvalue weighted by atomic mass is 10.2. The van der Waals surface area contributed by atoms with Gasteiger partial charge < -0.3 is 10.1 Å². The molecular weight excluding hydrogens is 309 g/mol. The highest BCUT2D eigenvalue weighted by Gasteiger charge is 2.32. The number of nitrogens with zero attached hydrogens (tertiary/aromatic N) is 2. The number of nitrogens with one attached hydrogen (secondary N) is 1. The molecule has 9 heteroatoms. The van der Waals surface area contributed by atoms with Crippen molar-refractivity contribution in [1.29, 1.82) is 0 Å². The Morgan fingerprint density at radius 2 is 1.77 bits per heavy atom. The Hall–Kier alpha value is -2.45. The lowest BCUT2D eigenvalue weighted by molar-refractivity contribution is -0.141. The van der Waals surface area contributed by atoms with E-state index in [1.807, 2.05) is 0 Å². The van der Waals surface area contributed by atoms with E-state index in [0.29, 0.717) is 5.56 Å². The summed E-state index contributed by atoms with van der Waals surface area (Å²) < 4.78 is 65.8. The van der Waals surface area contributed by atoms with Gasteiger partial charge in [0.25, 0.3) is 0 Å². The molecule has 2 aromatic rings. The summed E-state index contributed by atoms with van der Waals surface area (Å²) in [4.78, 5) is 0. The second kappa shape index (κ2) is 6.54. The van der Waals surface area contributed by atoms with Crippen molar-refractivity contribution < 1.29 is 26.7 Å². The minimum Gasteiger partial charge on any atom is -0.434 e. The number of alkyl halides is 5. The first kappa shape index (κ1) is 15.9. The molecule has 1 aromatic carbocycles. The summed E-state index contributed by atoms with van der Waals surface area (Å²) in [6, 6.07) is 7.93. The topological polar surface area (TPSA) is 47.0 Å². The van der Waals surface area contributed by atoms with Crippen molar-refractivity contribution in [3.8, 4) is 5.75 Å². The molecule has 0 fully saturated rings. The molecule has 0 aliphatic heterocycles. The third-order valence-electron chi connectivity index (χ3n) is 2.60. The fourth-order valence-corrected chi connectivity index (χ4v) is 1.62. The molecule has 1 heterocycles. The Balaban J connectivity index is 2.04. The highest BCUT2D eigenvalue weighted by molar-refractivity contribution is 5.39. The maximum Gasteiger partial charge on any atom is 0.435 e. The molecule has 0 radical (unpaired) electrons. The minimum absolute atomic E-state index is 0.0233. The zero-order valence-electron chi connectivity index (χ0n) is 10.9. The van der Waals surface area contributed by atoms with E-state index in [-0.39, 0.29) is 18.1 Å². The van der Waals surface area contributed by atoms with Crippen LogP contribution in [-0.2, 0) is 12.7 Å². The van der Waals surface area contributed by atoms with Crippen molar-refractivity contribution in [1.82, 2.24) is 10.2 Å². The monoisotopic (exact) mass is 319 g/mol. The number of para-hydroxylation sites is 1. The van der Waals surface area contributed by atoms with Gasteiger partial charge in [0.2, 0.25) is 0 Å². The van der Waals surface area contributed by atoms with Gasteiger partial charge in [-0.05, 0) is 18.2 Å². The molecule has 0 spiro atoms. The first-order valence-electron chi connectivity index (χ1n) is 6.04. The Bertz CT molecular complexity index is 616. The third kappa shape index (κ3) is 4.27. The Labute approximate surface area is 121 Å². The summed E-state index contributed by atoms with van der Waals surface area (Å²) in [5.41, 5.74) is -0.705. The zero-order valence-corrected chi connectivity index (χ0v) is 10.9. The number of aromatic nitrogens is 2. The molecular formula is C13H10F5N3O. The predicted octanol–water partition coefficient (Wildman–Crippen LogP) is 3.71. The van der Waals surface area contributed by atoms with E-state index in [1.54, 1.807) is 12.1 Å². The maximum absolute atomic E-state index is 12.3. The van der Waals surface area contributed by atoms with Gasteiger partial charge in [0, 0.05) is 12.1 Å². The lowest BCUT2D eigenvalue weighted by Gasteiger charge is -2.11. The van der Waals surface area contributed by atoms with Gasteiger partial charge >= 0.3 is 12.8 Å². The Morgan fingerprint density at radius 3 is 2.36 bits per heavy atom. The summed E-state index contributed by atoms with van der Waals surface area (Å²) in [5.74, 6) is 0.0599. The zero-order chi connectivity index (χ0) is 16.2. The van der Waals surface area contributed by atoms with Gasteiger partial charge in [-0.1, -0.05) is 18.2 Å². The van der Waals surface area contributed by atoms with Gasteiger partial charge in [0.05, 0.1) is 0 Å². The molecule has 0 amide bonds. The highest BCUT2D eigenvalue weighted by Crippen LogP contribution is 2.27. The normalized spacial score (nSPS) is 11.5. The van der Waals surface area contributed by atoms with Crippen molar-refractivity contribution >= 4 is 5.82 Å². The van der Waals surface area contributed by atoms with E-state index in [0.717, 1.165) is 12.1 Å². The summed E-state index contributed by atoms with van der Waals surface area (Å²) in [6.07, 6.45) is -4.57. The van der Waals surface area contributed by atoms with Gasteiger partial charge in [-0.25, -0.2) is 0 Å². The van der Waals surface area contributed by atoms with Gasteiger partial charge in [0.15, 0.2) is 5.69 Å². The number of benzene rings is 1. The van der Waals surface area contributed by atoms with E-state index < -0.39 is 18.5 Å². The van der Waals surface area contributed by atoms with Crippen molar-refractivity contribution in [2.75, 3.05) is 5.32 Å². The van der Waals surface area contributed by atoms with Crippen LogP contribution in [0.25, 0.3) is 0 Å². The molecule has 22 heavy (non-hydrogen) atoms. The molecule has 2 rings (SSSR count). The summed E-state index contributed by atoms with van der Waals surface area (Å²) in [5, 5.41) is 9.11. The van der Waals surface area contributed by atoms with E-state index >= 15 is 0 Å². The van der Waals surface area contributed by atoms with Crippen LogP contribution in [0.1, 0.15) is 11.3 Å². The summed E-state index contributed by atoms with van der Waals surface area (Å²) >= 11 is 0. The van der Waals surface area contributed by atoms with Crippen LogP contribution in [0.5, 0.6) is 5.75 Å². The van der Waals surface area contributed by atoms with Gasteiger partial charge in [-0.15, -0.1) is 10.2 Å². The van der Waals surface area contributed by atoms with Crippen molar-refractivity contribution in [3.63, 3.8) is 0 Å². The largest absolute Gasteiger partial charge is 0.435 e. The minimum atomic E-state index is -4.57. The molecule has 0 aliphatic carbocycles. The fraction of sp³-hybridized carbons (Fsp3) is 0.231. The second-order valence-corrected chi connectivity index (χ2v) is 4.14. The van der Waals surface area contributed by atoms with Crippen LogP contribution in [0.3, 0.4) is 0 Å². The number of anilines is 1. The predicted molar refractivity (Wildman–Crippen MR) is 67.4 cm³/mol. The second-order valence-electron chi connectivity index (χ2n) is 4.14. The number of hydrogen-bond donors (Lipinski definition) is 1. The molecule has 4 nitrogen and oxygen atoms in total. The molecule has 0 saturated heterocycles. The standard InChI is InChI=1S/C13H10F5N3O/c14-12(15)22-9-4-2-1-3-8(9)7-19-11-6-5-10(20-21-11)13(16,17)18/h1-6,12H,7H2,(H,19,21). The summed E-state index contributed by atoms with van der Waals surface area (Å²) in [7, 11) is 0. The molecule has 0 bridgehead atoms. The number of halogens is 5. The van der Waals surface area contributed by atoms with E-state index in [1.165, 1.54) is 12.1 Å². The maximum atomic E-state index is 12.3. The van der Waals surface area contributed by atoms with Crippen molar-refractivity contribution in [2.24, 2.45) is 0 Å². The Morgan fingerprint density at radius 1 is 1.05 bits per heavy atom. The summed E-state index contributed by atoms with van der Waals surface area (Å²) in [6.45, 7) is -2.92. The van der Waals surface area contributed by atoms with Crippen LogP contribution >= 0.6 is 0 Å². The molecule has 1 N–H and O–H groups in total. The average Bonchev–Trinajstić information content (AvgIpc) is 2.45. The van der Waals surface area contributed by atoms with Crippen LogP contribution in [0.15, 0.2) is 36.4 Å². The number of hydrogen-bond acceptors (Lipinski definition) is 4. The molecule has 0 saturated carbocycles. The van der Waals surface area contributed by atoms with E-state index in [9.17, 15) is 22.0 Å². The average molecular weight is 319 g/mol. The van der Waals surface area contributed by atoms with E-state index in [4.69, 9.17) is 0 Å². The number of rotatable bonds is 5. The Kier molecular flexibility index (Phi) is 4.74. The van der Waals surface area contributed by atoms with Crippen LogP contribution < -0.4 is 10.1 Å². The molecule has 0 atom stereocenters. The molecule has 0 unspecified atom stereocenters. The van der Waals surface area contributed by atoms with Crippen LogP contribution in [0, 0.1) is 0 Å². The van der Waals surface area contributed by atoms with Gasteiger partial charge in [-0.3, -0.25) is 0 Å². The van der Waals surface area contributed by atoms with E-state index in [2.05, 4.69) is 20.3 Å². The van der Waals surface area contributed by atoms with Crippen molar-refractivity contribution in [2.45, 2.75) is 19.3 Å². The van der Waals surface area contributed by atoms with Crippen LogP contribution in [0.4, 0.5) is 27.8 Å². The van der Waals surface area contributed by atoms with Crippen LogP contribution in [0.2, 0.25) is 0 Å². The van der Waals surface area contributed by atoms with Crippen molar-refractivity contribution in [3.05, 3.63) is 47.7 Å². The quantitative estimate of drug-likeness (QED) is 0.854. The molecule has 1 aromatic heterocycles. The highest BCUT2D eigenvalue weighted by atomic mass is 19.4. The van der Waals surface area contributed by atoms with Gasteiger partial charge in [0.1, 0.15) is 11.6 Å². The van der Waals surface area contributed by atoms with Gasteiger partial charge in [-0.2, -0.15) is 22.0 Å². The smallest absolute Gasteiger partial charge is 0.434 e. The molecule has 0 aliphatic rings. The SMILES string of the molecule is FC(F)Oc1ccccc1CNc1ccc(C(F)(F)F)nn1. The molecule has 118 valence electrons. The third-order valence-corrected chi connectivity index (χ3v) is 2.60. The van der Waals surface area contributed by atoms with Crippen LogP contribution in [-0.4, -0.2) is 16.8 Å². The number of ether oxygens (including phenoxy) is 1. The fourth-order valence-electron chi connectivity index (χ4n) is 1.62.